The molecule has 0 radical (unpaired) electrons. The lowest BCUT2D eigenvalue weighted by Gasteiger charge is -2.08. The monoisotopic (exact) mass is 234 g/mol. The van der Waals surface area contributed by atoms with E-state index in [9.17, 15) is 4.39 Å². The van der Waals surface area contributed by atoms with E-state index in [-0.39, 0.29) is 11.4 Å². The molecule has 0 aliphatic carbocycles. The lowest BCUT2D eigenvalue weighted by molar-refractivity contribution is 0.318. The zero-order chi connectivity index (χ0) is 12.4. The van der Waals surface area contributed by atoms with E-state index in [1.807, 2.05) is 6.92 Å². The van der Waals surface area contributed by atoms with Gasteiger partial charge in [0.15, 0.2) is 5.84 Å². The predicted octanol–water partition coefficient (Wildman–Crippen LogP) is 1.41. The molecule has 0 spiro atoms. The number of hydrogen-bond acceptors (Lipinski definition) is 3. The van der Waals surface area contributed by atoms with E-state index in [0.717, 1.165) is 5.69 Å². The van der Waals surface area contributed by atoms with Crippen molar-refractivity contribution in [1.82, 2.24) is 9.78 Å². The first kappa shape index (κ1) is 11.1. The Bertz CT molecular complexity index is 577. The quantitative estimate of drug-likeness (QED) is 0.357. The standard InChI is InChI=1S/C11H11FN4O/c1-7-4-5-16(14-7)10-3-2-8(12)6-9(10)11(13)15-17/h2-6,17H,1H3,(H2,13,15). The van der Waals surface area contributed by atoms with Gasteiger partial charge in [-0.1, -0.05) is 5.16 Å². The van der Waals surface area contributed by atoms with Gasteiger partial charge in [0, 0.05) is 11.8 Å². The van der Waals surface area contributed by atoms with Crippen molar-refractivity contribution in [2.24, 2.45) is 10.9 Å². The van der Waals surface area contributed by atoms with Gasteiger partial charge in [-0.15, -0.1) is 0 Å². The van der Waals surface area contributed by atoms with Gasteiger partial charge in [0.1, 0.15) is 5.82 Å². The van der Waals surface area contributed by atoms with Crippen LogP contribution in [0.4, 0.5) is 4.39 Å². The summed E-state index contributed by atoms with van der Waals surface area (Å²) in [7, 11) is 0. The third kappa shape index (κ3) is 2.10. The van der Waals surface area contributed by atoms with E-state index in [1.165, 1.54) is 18.2 Å². The molecule has 2 rings (SSSR count). The van der Waals surface area contributed by atoms with Gasteiger partial charge < -0.3 is 10.9 Å². The Kier molecular flexibility index (Phi) is 2.78. The summed E-state index contributed by atoms with van der Waals surface area (Å²) in [5.74, 6) is -0.619. The highest BCUT2D eigenvalue weighted by atomic mass is 19.1. The second-order valence-electron chi connectivity index (χ2n) is 3.55. The molecule has 1 aromatic carbocycles. The van der Waals surface area contributed by atoms with E-state index in [2.05, 4.69) is 10.3 Å². The lowest BCUT2D eigenvalue weighted by Crippen LogP contribution is -2.17. The number of aromatic nitrogens is 2. The third-order valence-electron chi connectivity index (χ3n) is 2.31. The maximum absolute atomic E-state index is 13.1. The summed E-state index contributed by atoms with van der Waals surface area (Å²) in [4.78, 5) is 0. The number of benzene rings is 1. The molecule has 0 atom stereocenters. The van der Waals surface area contributed by atoms with Crippen LogP contribution in [0.2, 0.25) is 0 Å². The predicted molar refractivity (Wildman–Crippen MR) is 60.8 cm³/mol. The molecule has 1 heterocycles. The molecule has 0 aliphatic rings. The molecule has 0 bridgehead atoms. The molecule has 0 fully saturated rings. The summed E-state index contributed by atoms with van der Waals surface area (Å²) in [5, 5.41) is 15.7. The number of oxime groups is 1. The number of rotatable bonds is 2. The molecule has 0 unspecified atom stereocenters. The number of nitrogens with zero attached hydrogens (tertiary/aromatic N) is 3. The second-order valence-corrected chi connectivity index (χ2v) is 3.55. The largest absolute Gasteiger partial charge is 0.409 e. The van der Waals surface area contributed by atoms with Crippen LogP contribution in [0.1, 0.15) is 11.3 Å². The second kappa shape index (κ2) is 4.25. The van der Waals surface area contributed by atoms with Crippen molar-refractivity contribution in [3.63, 3.8) is 0 Å². The Labute approximate surface area is 97.0 Å². The van der Waals surface area contributed by atoms with Crippen molar-refractivity contribution >= 4 is 5.84 Å². The molecule has 3 N–H and O–H groups in total. The minimum Gasteiger partial charge on any atom is -0.409 e. The molecular weight excluding hydrogens is 223 g/mol. The van der Waals surface area contributed by atoms with E-state index in [4.69, 9.17) is 10.9 Å². The zero-order valence-corrected chi connectivity index (χ0v) is 9.13. The van der Waals surface area contributed by atoms with Gasteiger partial charge in [0.2, 0.25) is 0 Å². The van der Waals surface area contributed by atoms with Crippen molar-refractivity contribution in [1.29, 1.82) is 0 Å². The average molecular weight is 234 g/mol. The van der Waals surface area contributed by atoms with Gasteiger partial charge in [-0.3, -0.25) is 0 Å². The minimum atomic E-state index is -0.459. The van der Waals surface area contributed by atoms with E-state index in [0.29, 0.717) is 5.69 Å². The fraction of sp³-hybridized carbons (Fsp3) is 0.0909. The molecular formula is C11H11FN4O. The zero-order valence-electron chi connectivity index (χ0n) is 9.13. The Balaban J connectivity index is 2.61. The highest BCUT2D eigenvalue weighted by Gasteiger charge is 2.11. The van der Waals surface area contributed by atoms with Crippen LogP contribution in [0.5, 0.6) is 0 Å². The number of amidine groups is 1. The van der Waals surface area contributed by atoms with Crippen molar-refractivity contribution in [2.75, 3.05) is 0 Å². The van der Waals surface area contributed by atoms with E-state index in [1.54, 1.807) is 16.9 Å². The van der Waals surface area contributed by atoms with Crippen LogP contribution in [0.3, 0.4) is 0 Å². The Morgan fingerprint density at radius 3 is 2.82 bits per heavy atom. The summed E-state index contributed by atoms with van der Waals surface area (Å²) >= 11 is 0. The summed E-state index contributed by atoms with van der Waals surface area (Å²) < 4.78 is 14.7. The van der Waals surface area contributed by atoms with E-state index >= 15 is 0 Å². The Hall–Kier alpha value is -2.37. The van der Waals surface area contributed by atoms with Crippen LogP contribution >= 0.6 is 0 Å². The Morgan fingerprint density at radius 2 is 2.24 bits per heavy atom. The van der Waals surface area contributed by atoms with Crippen LogP contribution in [-0.4, -0.2) is 20.8 Å². The van der Waals surface area contributed by atoms with Gasteiger partial charge in [0.25, 0.3) is 0 Å². The first-order valence-electron chi connectivity index (χ1n) is 4.92. The third-order valence-corrected chi connectivity index (χ3v) is 2.31. The molecule has 0 saturated heterocycles. The molecule has 88 valence electrons. The molecule has 6 heteroatoms. The fourth-order valence-electron chi connectivity index (χ4n) is 1.52. The summed E-state index contributed by atoms with van der Waals surface area (Å²) in [6.45, 7) is 1.84. The SMILES string of the molecule is Cc1ccn(-c2ccc(F)cc2/C(N)=N/O)n1. The van der Waals surface area contributed by atoms with Crippen LogP contribution < -0.4 is 5.73 Å². The molecule has 17 heavy (non-hydrogen) atoms. The van der Waals surface area contributed by atoms with E-state index < -0.39 is 5.82 Å². The van der Waals surface area contributed by atoms with Crippen LogP contribution in [-0.2, 0) is 0 Å². The first-order chi connectivity index (χ1) is 8.11. The van der Waals surface area contributed by atoms with Gasteiger partial charge in [-0.05, 0) is 31.2 Å². The molecule has 0 amide bonds. The number of nitrogens with two attached hydrogens (primary N) is 1. The highest BCUT2D eigenvalue weighted by molar-refractivity contribution is 6.00. The van der Waals surface area contributed by atoms with Crippen LogP contribution in [0, 0.1) is 12.7 Å². The molecule has 2 aromatic rings. The molecule has 5 nitrogen and oxygen atoms in total. The average Bonchev–Trinajstić information content (AvgIpc) is 2.74. The maximum atomic E-state index is 13.1. The number of aryl methyl sites for hydroxylation is 1. The molecule has 0 aliphatic heterocycles. The highest BCUT2D eigenvalue weighted by Crippen LogP contribution is 2.15. The van der Waals surface area contributed by atoms with Crippen molar-refractivity contribution in [3.8, 4) is 5.69 Å². The summed E-state index contributed by atoms with van der Waals surface area (Å²) in [6, 6.07) is 5.82. The van der Waals surface area contributed by atoms with Crippen LogP contribution in [0.25, 0.3) is 5.69 Å². The van der Waals surface area contributed by atoms with Gasteiger partial charge in [-0.2, -0.15) is 5.10 Å². The number of halogens is 1. The van der Waals surface area contributed by atoms with Gasteiger partial charge >= 0.3 is 0 Å². The number of hydrogen-bond donors (Lipinski definition) is 2. The van der Waals surface area contributed by atoms with Gasteiger partial charge in [0.05, 0.1) is 11.4 Å². The molecule has 0 saturated carbocycles. The fourth-order valence-corrected chi connectivity index (χ4v) is 1.52. The van der Waals surface area contributed by atoms with Crippen LogP contribution in [0.15, 0.2) is 35.6 Å². The first-order valence-corrected chi connectivity index (χ1v) is 4.92. The Morgan fingerprint density at radius 1 is 1.47 bits per heavy atom. The normalized spacial score (nSPS) is 11.8. The van der Waals surface area contributed by atoms with Crippen molar-refractivity contribution in [3.05, 3.63) is 47.5 Å². The summed E-state index contributed by atoms with van der Waals surface area (Å²) in [6.07, 6.45) is 1.72. The van der Waals surface area contributed by atoms with Gasteiger partial charge in [-0.25, -0.2) is 9.07 Å². The topological polar surface area (TPSA) is 76.4 Å². The smallest absolute Gasteiger partial charge is 0.172 e. The minimum absolute atomic E-state index is 0.160. The molecule has 1 aromatic heterocycles. The lowest BCUT2D eigenvalue weighted by atomic mass is 10.1. The maximum Gasteiger partial charge on any atom is 0.172 e. The van der Waals surface area contributed by atoms with Crippen molar-refractivity contribution < 1.29 is 9.60 Å². The summed E-state index contributed by atoms with van der Waals surface area (Å²) in [5.41, 5.74) is 7.16. The van der Waals surface area contributed by atoms with Crippen molar-refractivity contribution in [2.45, 2.75) is 6.92 Å².